The van der Waals surface area contributed by atoms with Gasteiger partial charge in [0.15, 0.2) is 0 Å². The maximum atomic E-state index is 4.99. The van der Waals surface area contributed by atoms with Crippen molar-refractivity contribution in [3.8, 4) is 0 Å². The zero-order valence-electron chi connectivity index (χ0n) is 4.51. The van der Waals surface area contributed by atoms with Crippen LogP contribution in [0.5, 0.6) is 0 Å². The minimum atomic E-state index is 0.238. The Morgan fingerprint density at radius 2 is 2.75 bits per heavy atom. The van der Waals surface area contributed by atoms with Gasteiger partial charge in [-0.05, 0) is 0 Å². The molecule has 0 aromatic heterocycles. The van der Waals surface area contributed by atoms with E-state index in [9.17, 15) is 0 Å². The Hall–Kier alpha value is 0.200. The van der Waals surface area contributed by atoms with Crippen molar-refractivity contribution >= 4 is 28.3 Å². The van der Waals surface area contributed by atoms with E-state index < -0.39 is 0 Å². The first-order valence-electron chi connectivity index (χ1n) is 2.30. The molecule has 46 valence electrons. The van der Waals surface area contributed by atoms with Crippen molar-refractivity contribution in [2.75, 3.05) is 13.7 Å². The van der Waals surface area contributed by atoms with E-state index in [0.29, 0.717) is 0 Å². The van der Waals surface area contributed by atoms with Gasteiger partial charge in [-0.25, -0.2) is 0 Å². The van der Waals surface area contributed by atoms with Crippen LogP contribution in [0.2, 0.25) is 0 Å². The van der Waals surface area contributed by atoms with Crippen LogP contribution < -0.4 is 5.32 Å². The average Bonchev–Trinajstić information content (AvgIpc) is 2.14. The van der Waals surface area contributed by atoms with Gasteiger partial charge in [-0.3, -0.25) is 0 Å². The third-order valence-electron chi connectivity index (χ3n) is 0.914. The summed E-state index contributed by atoms with van der Waals surface area (Å²) in [6.45, 7) is 0.847. The Balaban J connectivity index is 2.32. The maximum absolute atomic E-state index is 4.99. The second kappa shape index (κ2) is 2.66. The van der Waals surface area contributed by atoms with Gasteiger partial charge < -0.3 is 10.1 Å². The molecule has 1 atom stereocenters. The molecular formula is C4H7NOS2. The fourth-order valence-electron chi connectivity index (χ4n) is 0.501. The summed E-state index contributed by atoms with van der Waals surface area (Å²) in [6, 6.07) is 0. The number of methoxy groups -OCH3 is 1. The third kappa shape index (κ3) is 1.34. The monoisotopic (exact) mass is 149 g/mol. The molecule has 0 saturated carbocycles. The van der Waals surface area contributed by atoms with Crippen molar-refractivity contribution in [3.05, 3.63) is 0 Å². The van der Waals surface area contributed by atoms with Crippen LogP contribution >= 0.6 is 24.0 Å². The summed E-state index contributed by atoms with van der Waals surface area (Å²) in [5, 5.41) is 2.99. The number of thiocarbonyl (C=S) groups is 1. The van der Waals surface area contributed by atoms with E-state index in [2.05, 4.69) is 5.32 Å². The molecule has 8 heavy (non-hydrogen) atoms. The second-order valence-electron chi connectivity index (χ2n) is 1.45. The molecule has 0 radical (unpaired) electrons. The number of rotatable bonds is 1. The smallest absolute Gasteiger partial charge is 0.136 e. The Labute approximate surface area is 58.0 Å². The first-order valence-corrected chi connectivity index (χ1v) is 3.59. The van der Waals surface area contributed by atoms with Gasteiger partial charge >= 0.3 is 0 Å². The summed E-state index contributed by atoms with van der Waals surface area (Å²) in [4.78, 5) is 0. The Bertz CT molecular complexity index is 106. The predicted molar refractivity (Wildman–Crippen MR) is 39.0 cm³/mol. The van der Waals surface area contributed by atoms with Crippen molar-refractivity contribution in [1.82, 2.24) is 5.32 Å². The zero-order chi connectivity index (χ0) is 5.98. The maximum Gasteiger partial charge on any atom is 0.136 e. The van der Waals surface area contributed by atoms with Crippen molar-refractivity contribution < 1.29 is 4.74 Å². The molecule has 1 heterocycles. The molecule has 0 spiro atoms. The van der Waals surface area contributed by atoms with Gasteiger partial charge in [0.1, 0.15) is 9.76 Å². The largest absolute Gasteiger partial charge is 0.369 e. The van der Waals surface area contributed by atoms with Crippen LogP contribution in [0.3, 0.4) is 0 Å². The molecule has 0 aromatic carbocycles. The molecule has 1 unspecified atom stereocenters. The SMILES string of the molecule is COC1CNC(=S)S1. The molecule has 4 heteroatoms. The van der Waals surface area contributed by atoms with E-state index >= 15 is 0 Å². The minimum absolute atomic E-state index is 0.238. The normalized spacial score (nSPS) is 28.1. The Morgan fingerprint density at radius 3 is 3.00 bits per heavy atom. The number of hydrogen-bond acceptors (Lipinski definition) is 3. The molecule has 1 fully saturated rings. The lowest BCUT2D eigenvalue weighted by molar-refractivity contribution is 0.179. The van der Waals surface area contributed by atoms with Crippen molar-refractivity contribution in [2.45, 2.75) is 5.44 Å². The summed E-state index contributed by atoms with van der Waals surface area (Å²) < 4.78 is 5.84. The third-order valence-corrected chi connectivity index (χ3v) is 2.33. The highest BCUT2D eigenvalue weighted by molar-refractivity contribution is 8.23. The minimum Gasteiger partial charge on any atom is -0.369 e. The molecule has 0 aliphatic carbocycles. The molecule has 1 N–H and O–H groups in total. The van der Waals surface area contributed by atoms with Crippen LogP contribution in [0.4, 0.5) is 0 Å². The number of hydrogen-bond donors (Lipinski definition) is 1. The van der Waals surface area contributed by atoms with Gasteiger partial charge in [-0.15, -0.1) is 0 Å². The van der Waals surface area contributed by atoms with Gasteiger partial charge in [0.05, 0.1) is 6.54 Å². The van der Waals surface area contributed by atoms with Gasteiger partial charge in [-0.1, -0.05) is 24.0 Å². The van der Waals surface area contributed by atoms with E-state index in [1.165, 1.54) is 0 Å². The van der Waals surface area contributed by atoms with Gasteiger partial charge in [0, 0.05) is 7.11 Å². The van der Waals surface area contributed by atoms with Crippen LogP contribution in [0, 0.1) is 0 Å². The van der Waals surface area contributed by atoms with E-state index in [0.717, 1.165) is 10.9 Å². The molecule has 1 aliphatic rings. The van der Waals surface area contributed by atoms with Crippen LogP contribution in [0.25, 0.3) is 0 Å². The van der Waals surface area contributed by atoms with Crippen molar-refractivity contribution in [1.29, 1.82) is 0 Å². The summed E-state index contributed by atoms with van der Waals surface area (Å²) in [5.74, 6) is 0. The summed E-state index contributed by atoms with van der Waals surface area (Å²) in [7, 11) is 1.69. The van der Waals surface area contributed by atoms with E-state index in [-0.39, 0.29) is 5.44 Å². The highest BCUT2D eigenvalue weighted by atomic mass is 32.2. The highest BCUT2D eigenvalue weighted by Gasteiger charge is 2.17. The molecular weight excluding hydrogens is 142 g/mol. The van der Waals surface area contributed by atoms with Crippen LogP contribution in [-0.2, 0) is 4.74 Å². The predicted octanol–water partition coefficient (Wildman–Crippen LogP) is 0.580. The summed E-state index contributed by atoms with van der Waals surface area (Å²) >= 11 is 6.40. The lowest BCUT2D eigenvalue weighted by Crippen LogP contribution is -2.15. The van der Waals surface area contributed by atoms with Crippen LogP contribution in [-0.4, -0.2) is 23.4 Å². The summed E-state index contributed by atoms with van der Waals surface area (Å²) in [6.07, 6.45) is 0. The second-order valence-corrected chi connectivity index (χ2v) is 3.29. The lowest BCUT2D eigenvalue weighted by Gasteiger charge is -1.99. The first kappa shape index (κ1) is 6.32. The first-order chi connectivity index (χ1) is 3.83. The molecule has 1 saturated heterocycles. The quantitative estimate of drug-likeness (QED) is 0.550. The summed E-state index contributed by atoms with van der Waals surface area (Å²) in [5.41, 5.74) is 0.238. The molecule has 0 bridgehead atoms. The van der Waals surface area contributed by atoms with Gasteiger partial charge in [-0.2, -0.15) is 0 Å². The van der Waals surface area contributed by atoms with Crippen molar-refractivity contribution in [2.24, 2.45) is 0 Å². The number of thioether (sulfide) groups is 1. The van der Waals surface area contributed by atoms with Gasteiger partial charge in [0.2, 0.25) is 0 Å². The zero-order valence-corrected chi connectivity index (χ0v) is 6.14. The topological polar surface area (TPSA) is 21.3 Å². The highest BCUT2D eigenvalue weighted by Crippen LogP contribution is 2.17. The molecule has 0 amide bonds. The van der Waals surface area contributed by atoms with E-state index in [1.54, 1.807) is 18.9 Å². The molecule has 1 aliphatic heterocycles. The Morgan fingerprint density at radius 1 is 2.00 bits per heavy atom. The molecule has 2 nitrogen and oxygen atoms in total. The Kier molecular flexibility index (Phi) is 2.10. The number of nitrogens with one attached hydrogen (secondary N) is 1. The fourth-order valence-corrected chi connectivity index (χ4v) is 1.57. The van der Waals surface area contributed by atoms with E-state index in [1.807, 2.05) is 0 Å². The van der Waals surface area contributed by atoms with Gasteiger partial charge in [0.25, 0.3) is 0 Å². The van der Waals surface area contributed by atoms with E-state index in [4.69, 9.17) is 17.0 Å². The fraction of sp³-hybridized carbons (Fsp3) is 0.750. The van der Waals surface area contributed by atoms with Crippen molar-refractivity contribution in [3.63, 3.8) is 0 Å². The average molecular weight is 149 g/mol. The lowest BCUT2D eigenvalue weighted by atomic mass is 10.7. The molecule has 1 rings (SSSR count). The standard InChI is InChI=1S/C4H7NOS2/c1-6-3-2-5-4(7)8-3/h3H,2H2,1H3,(H,5,7). The van der Waals surface area contributed by atoms with Crippen LogP contribution in [0.15, 0.2) is 0 Å². The number of ether oxygens (including phenoxy) is 1. The molecule has 0 aromatic rings. The van der Waals surface area contributed by atoms with Crippen LogP contribution in [0.1, 0.15) is 0 Å².